The van der Waals surface area contributed by atoms with E-state index in [9.17, 15) is 4.79 Å². The summed E-state index contributed by atoms with van der Waals surface area (Å²) in [6.45, 7) is 1.86. The van der Waals surface area contributed by atoms with Gasteiger partial charge in [0.2, 0.25) is 17.8 Å². The van der Waals surface area contributed by atoms with Gasteiger partial charge in [-0.3, -0.25) is 4.79 Å². The van der Waals surface area contributed by atoms with Crippen molar-refractivity contribution in [3.63, 3.8) is 0 Å². The third-order valence-corrected chi connectivity index (χ3v) is 5.56. The number of aromatic nitrogens is 4. The average Bonchev–Trinajstić information content (AvgIpc) is 2.92. The molecule has 0 radical (unpaired) electrons. The van der Waals surface area contributed by atoms with Gasteiger partial charge in [-0.2, -0.15) is 15.0 Å². The third kappa shape index (κ3) is 4.90. The number of nitrogens with zero attached hydrogens (tertiary/aromatic N) is 4. The fourth-order valence-electron chi connectivity index (χ4n) is 2.12. The number of primary amides is 1. The SMILES string of the molecule is Cc1nc(SCc2nc(N)nc(Nc3ccccc3)n2)sc1CC(N)=O. The number of benzene rings is 1. The van der Waals surface area contributed by atoms with Crippen molar-refractivity contribution in [2.24, 2.45) is 5.73 Å². The van der Waals surface area contributed by atoms with Crippen molar-refractivity contribution in [2.75, 3.05) is 11.1 Å². The van der Waals surface area contributed by atoms with Crippen LogP contribution < -0.4 is 16.8 Å². The predicted molar refractivity (Wildman–Crippen MR) is 103 cm³/mol. The van der Waals surface area contributed by atoms with Gasteiger partial charge in [-0.05, 0) is 19.1 Å². The Kier molecular flexibility index (Phi) is 5.64. The second-order valence-electron chi connectivity index (χ2n) is 5.34. The van der Waals surface area contributed by atoms with Crippen LogP contribution in [0, 0.1) is 6.92 Å². The molecular weight excluding hydrogens is 370 g/mol. The molecule has 2 heterocycles. The average molecular weight is 387 g/mol. The van der Waals surface area contributed by atoms with Crippen LogP contribution in [0.15, 0.2) is 34.7 Å². The predicted octanol–water partition coefficient (Wildman–Crippen LogP) is 2.28. The van der Waals surface area contributed by atoms with Gasteiger partial charge in [0.25, 0.3) is 0 Å². The van der Waals surface area contributed by atoms with Gasteiger partial charge in [0.1, 0.15) is 5.82 Å². The van der Waals surface area contributed by atoms with Gasteiger partial charge in [-0.1, -0.05) is 30.0 Å². The summed E-state index contributed by atoms with van der Waals surface area (Å²) in [4.78, 5) is 29.1. The molecule has 0 fully saturated rings. The summed E-state index contributed by atoms with van der Waals surface area (Å²) in [6.07, 6.45) is 0.202. The number of anilines is 3. The number of carbonyl (C=O) groups is 1. The van der Waals surface area contributed by atoms with Crippen LogP contribution in [0.25, 0.3) is 0 Å². The molecule has 0 bridgehead atoms. The Hall–Kier alpha value is -2.72. The summed E-state index contributed by atoms with van der Waals surface area (Å²) in [5, 5.41) is 3.10. The summed E-state index contributed by atoms with van der Waals surface area (Å²) < 4.78 is 0.829. The Labute approximate surface area is 158 Å². The first kappa shape index (κ1) is 18.1. The number of nitrogens with one attached hydrogen (secondary N) is 1. The van der Waals surface area contributed by atoms with E-state index in [1.807, 2.05) is 37.3 Å². The minimum Gasteiger partial charge on any atom is -0.369 e. The normalized spacial score (nSPS) is 10.7. The molecule has 134 valence electrons. The molecule has 0 saturated carbocycles. The van der Waals surface area contributed by atoms with E-state index in [1.54, 1.807) is 0 Å². The van der Waals surface area contributed by atoms with E-state index >= 15 is 0 Å². The first-order valence-electron chi connectivity index (χ1n) is 7.69. The fourth-order valence-corrected chi connectivity index (χ4v) is 4.22. The van der Waals surface area contributed by atoms with Crippen molar-refractivity contribution >= 4 is 46.6 Å². The van der Waals surface area contributed by atoms with Crippen molar-refractivity contribution < 1.29 is 4.79 Å². The van der Waals surface area contributed by atoms with Crippen molar-refractivity contribution in [2.45, 2.75) is 23.4 Å². The molecule has 0 aliphatic rings. The van der Waals surface area contributed by atoms with Gasteiger partial charge in [-0.15, -0.1) is 11.3 Å². The summed E-state index contributed by atoms with van der Waals surface area (Å²) in [5.41, 5.74) is 12.7. The Morgan fingerprint density at radius 1 is 1.19 bits per heavy atom. The lowest BCUT2D eigenvalue weighted by molar-refractivity contribution is -0.117. The number of nitrogens with two attached hydrogens (primary N) is 2. The molecule has 26 heavy (non-hydrogen) atoms. The topological polar surface area (TPSA) is 133 Å². The summed E-state index contributed by atoms with van der Waals surface area (Å²) in [7, 11) is 0. The van der Waals surface area contributed by atoms with E-state index in [1.165, 1.54) is 23.1 Å². The zero-order valence-electron chi connectivity index (χ0n) is 14.0. The number of aryl methyl sites for hydroxylation is 1. The lowest BCUT2D eigenvalue weighted by atomic mass is 10.3. The molecule has 1 amide bonds. The molecule has 10 heteroatoms. The monoisotopic (exact) mass is 387 g/mol. The first-order chi connectivity index (χ1) is 12.5. The standard InChI is InChI=1S/C16H17N7OS2/c1-9-11(7-12(17)24)26-16(19-9)25-8-13-21-14(18)23-15(22-13)20-10-5-3-2-4-6-10/h2-6H,7-8H2,1H3,(H2,17,24)(H3,18,20,21,22,23). The summed E-state index contributed by atoms with van der Waals surface area (Å²) >= 11 is 2.93. The number of para-hydroxylation sites is 1. The smallest absolute Gasteiger partial charge is 0.232 e. The Morgan fingerprint density at radius 2 is 1.96 bits per heavy atom. The lowest BCUT2D eigenvalue weighted by Crippen LogP contribution is -2.13. The molecule has 0 unspecified atom stereocenters. The quantitative estimate of drug-likeness (QED) is 0.526. The van der Waals surface area contributed by atoms with Crippen LogP contribution in [0.1, 0.15) is 16.4 Å². The molecule has 0 aliphatic heterocycles. The molecule has 1 aromatic carbocycles. The van der Waals surface area contributed by atoms with E-state index in [0.29, 0.717) is 17.5 Å². The van der Waals surface area contributed by atoms with Gasteiger partial charge in [-0.25, -0.2) is 4.98 Å². The number of hydrogen-bond donors (Lipinski definition) is 3. The van der Waals surface area contributed by atoms with E-state index in [2.05, 4.69) is 25.3 Å². The zero-order valence-corrected chi connectivity index (χ0v) is 15.6. The van der Waals surface area contributed by atoms with Crippen molar-refractivity contribution in [1.82, 2.24) is 19.9 Å². The molecule has 3 rings (SSSR count). The maximum absolute atomic E-state index is 11.1. The van der Waals surface area contributed by atoms with Crippen LogP contribution >= 0.6 is 23.1 Å². The molecule has 0 spiro atoms. The highest BCUT2D eigenvalue weighted by Gasteiger charge is 2.12. The molecule has 8 nitrogen and oxygen atoms in total. The maximum atomic E-state index is 11.1. The number of carbonyl (C=O) groups excluding carboxylic acids is 1. The Bertz CT molecular complexity index is 914. The van der Waals surface area contributed by atoms with Crippen LogP contribution in [-0.4, -0.2) is 25.8 Å². The van der Waals surface area contributed by atoms with E-state index < -0.39 is 0 Å². The van der Waals surface area contributed by atoms with Gasteiger partial charge in [0.05, 0.1) is 17.9 Å². The summed E-state index contributed by atoms with van der Waals surface area (Å²) in [6, 6.07) is 9.58. The van der Waals surface area contributed by atoms with E-state index in [-0.39, 0.29) is 18.3 Å². The molecule has 0 saturated heterocycles. The molecule has 0 atom stereocenters. The molecular formula is C16H17N7OS2. The molecule has 3 aromatic rings. The van der Waals surface area contributed by atoms with Crippen LogP contribution in [-0.2, 0) is 17.0 Å². The summed E-state index contributed by atoms with van der Waals surface area (Å²) in [5.74, 6) is 1.21. The van der Waals surface area contributed by atoms with E-state index in [0.717, 1.165) is 20.6 Å². The highest BCUT2D eigenvalue weighted by Crippen LogP contribution is 2.29. The number of nitrogen functional groups attached to an aromatic ring is 1. The Morgan fingerprint density at radius 3 is 2.69 bits per heavy atom. The highest BCUT2D eigenvalue weighted by molar-refractivity contribution is 8.00. The van der Waals surface area contributed by atoms with Crippen LogP contribution in [0.4, 0.5) is 17.6 Å². The highest BCUT2D eigenvalue weighted by atomic mass is 32.2. The molecule has 5 N–H and O–H groups in total. The Balaban J connectivity index is 1.69. The van der Waals surface area contributed by atoms with Gasteiger partial charge < -0.3 is 16.8 Å². The van der Waals surface area contributed by atoms with Gasteiger partial charge in [0, 0.05) is 10.6 Å². The van der Waals surface area contributed by atoms with Crippen LogP contribution in [0.2, 0.25) is 0 Å². The fraction of sp³-hybridized carbons (Fsp3) is 0.188. The molecule has 0 aliphatic carbocycles. The first-order valence-corrected chi connectivity index (χ1v) is 9.49. The maximum Gasteiger partial charge on any atom is 0.232 e. The van der Waals surface area contributed by atoms with Gasteiger partial charge >= 0.3 is 0 Å². The largest absolute Gasteiger partial charge is 0.369 e. The second kappa shape index (κ2) is 8.11. The van der Waals surface area contributed by atoms with E-state index in [4.69, 9.17) is 11.5 Å². The van der Waals surface area contributed by atoms with Crippen molar-refractivity contribution in [3.8, 4) is 0 Å². The minimum absolute atomic E-state index is 0.152. The molecule has 2 aromatic heterocycles. The third-order valence-electron chi connectivity index (χ3n) is 3.26. The number of hydrogen-bond acceptors (Lipinski definition) is 9. The second-order valence-corrected chi connectivity index (χ2v) is 7.65. The van der Waals surface area contributed by atoms with Crippen LogP contribution in [0.5, 0.6) is 0 Å². The van der Waals surface area contributed by atoms with Crippen molar-refractivity contribution in [1.29, 1.82) is 0 Å². The number of amides is 1. The number of thiazole rings is 1. The van der Waals surface area contributed by atoms with Gasteiger partial charge in [0.15, 0.2) is 4.34 Å². The lowest BCUT2D eigenvalue weighted by Gasteiger charge is -2.06. The van der Waals surface area contributed by atoms with Crippen molar-refractivity contribution in [3.05, 3.63) is 46.7 Å². The number of thioether (sulfide) groups is 1. The zero-order chi connectivity index (χ0) is 18.5. The minimum atomic E-state index is -0.366. The number of rotatable bonds is 7. The van der Waals surface area contributed by atoms with Crippen LogP contribution in [0.3, 0.4) is 0 Å².